The highest BCUT2D eigenvalue weighted by Crippen LogP contribution is 2.19. The molecule has 0 bridgehead atoms. The second-order valence-electron chi connectivity index (χ2n) is 11.1. The molecule has 0 aliphatic heterocycles. The summed E-state index contributed by atoms with van der Waals surface area (Å²) in [5, 5.41) is 18.9. The normalized spacial score (nSPS) is 13.6. The number of guanidine groups is 1. The number of aromatic amines is 1. The summed E-state index contributed by atoms with van der Waals surface area (Å²) in [7, 11) is 0. The Balaban J connectivity index is 1.75. The Bertz CT molecular complexity index is 1470. The largest absolute Gasteiger partial charge is 0.480 e. The molecule has 0 aliphatic carbocycles. The number of amides is 3. The number of carboxylic acids is 1. The van der Waals surface area contributed by atoms with Gasteiger partial charge in [-0.2, -0.15) is 0 Å². The molecule has 3 rings (SSSR count). The number of carbonyl (C=O) groups is 4. The Morgan fingerprint density at radius 1 is 0.783 bits per heavy atom. The number of hydrogen-bond donors (Lipinski definition) is 9. The zero-order valence-electron chi connectivity index (χ0n) is 25.8. The van der Waals surface area contributed by atoms with Crippen LogP contribution in [0.4, 0.5) is 0 Å². The molecule has 0 saturated heterocycles. The number of unbranched alkanes of at least 4 members (excludes halogenated alkanes) is 1. The van der Waals surface area contributed by atoms with Crippen molar-refractivity contribution in [1.82, 2.24) is 20.9 Å². The molecule has 1 aromatic heterocycles. The smallest absolute Gasteiger partial charge is 0.326 e. The van der Waals surface area contributed by atoms with Crippen LogP contribution in [0.5, 0.6) is 0 Å². The van der Waals surface area contributed by atoms with Gasteiger partial charge in [-0.15, -0.1) is 0 Å². The first-order valence-corrected chi connectivity index (χ1v) is 15.3. The van der Waals surface area contributed by atoms with Crippen molar-refractivity contribution in [3.05, 3.63) is 71.9 Å². The first-order chi connectivity index (χ1) is 22.1. The maximum Gasteiger partial charge on any atom is 0.326 e. The molecule has 1 heterocycles. The standard InChI is InChI=1S/C32H45N9O5/c33-15-7-6-14-25(29(43)41-27(31(45)46)18-21-19-38-24-13-5-4-11-22(21)24)39-30(44)26(17-20-9-2-1-3-10-20)40-28(42)23(34)12-8-16-37-32(35)36/h1-5,9-11,13,19,23,25-27,38H,6-8,12,14-18,33-34H2,(H,39,44)(H,40,42)(H,41,43)(H,45,46)(H4,35,36,37). The highest BCUT2D eigenvalue weighted by atomic mass is 16.4. The number of aromatic nitrogens is 1. The first kappa shape index (κ1) is 35.5. The third kappa shape index (κ3) is 11.2. The van der Waals surface area contributed by atoms with Gasteiger partial charge >= 0.3 is 5.97 Å². The molecule has 0 aliphatic rings. The third-order valence-electron chi connectivity index (χ3n) is 7.51. The summed E-state index contributed by atoms with van der Waals surface area (Å²) in [6.45, 7) is 0.683. The molecular formula is C32H45N9O5. The van der Waals surface area contributed by atoms with Gasteiger partial charge in [0.15, 0.2) is 5.96 Å². The highest BCUT2D eigenvalue weighted by Gasteiger charge is 2.30. The average molecular weight is 636 g/mol. The summed E-state index contributed by atoms with van der Waals surface area (Å²) in [6, 6.07) is 12.2. The van der Waals surface area contributed by atoms with Crippen molar-refractivity contribution in [2.75, 3.05) is 13.1 Å². The zero-order valence-corrected chi connectivity index (χ0v) is 25.8. The summed E-state index contributed by atoms with van der Waals surface area (Å²) in [5.74, 6) is -3.08. The number of nitrogens with one attached hydrogen (secondary N) is 4. The number of benzene rings is 2. The number of hydrogen-bond acceptors (Lipinski definition) is 7. The molecule has 46 heavy (non-hydrogen) atoms. The molecular weight excluding hydrogens is 590 g/mol. The van der Waals surface area contributed by atoms with E-state index in [-0.39, 0.29) is 31.6 Å². The molecule has 4 unspecified atom stereocenters. The second kappa shape index (κ2) is 18.1. The van der Waals surface area contributed by atoms with Crippen molar-refractivity contribution in [3.8, 4) is 0 Å². The van der Waals surface area contributed by atoms with Crippen LogP contribution in [0.15, 0.2) is 65.8 Å². The molecule has 0 saturated carbocycles. The van der Waals surface area contributed by atoms with Crippen LogP contribution in [0.25, 0.3) is 10.9 Å². The van der Waals surface area contributed by atoms with Crippen molar-refractivity contribution in [3.63, 3.8) is 0 Å². The molecule has 0 spiro atoms. The van der Waals surface area contributed by atoms with Gasteiger partial charge in [-0.1, -0.05) is 48.5 Å². The third-order valence-corrected chi connectivity index (χ3v) is 7.51. The van der Waals surface area contributed by atoms with E-state index in [1.54, 1.807) is 6.20 Å². The number of para-hydroxylation sites is 1. The average Bonchev–Trinajstić information content (AvgIpc) is 3.44. The molecule has 248 valence electrons. The molecule has 3 aromatic rings. The Morgan fingerprint density at radius 3 is 2.13 bits per heavy atom. The Labute approximate surface area is 267 Å². The Kier molecular flexibility index (Phi) is 14.0. The van der Waals surface area contributed by atoms with Gasteiger partial charge in [0.25, 0.3) is 0 Å². The molecule has 3 amide bonds. The lowest BCUT2D eigenvalue weighted by Gasteiger charge is -2.25. The van der Waals surface area contributed by atoms with Crippen LogP contribution in [0, 0.1) is 0 Å². The second-order valence-corrected chi connectivity index (χ2v) is 11.1. The van der Waals surface area contributed by atoms with E-state index in [1.165, 1.54) is 0 Å². The molecule has 14 heteroatoms. The molecule has 0 radical (unpaired) electrons. The fourth-order valence-corrected chi connectivity index (χ4v) is 5.02. The number of nitrogens with two attached hydrogens (primary N) is 4. The number of H-pyrrole nitrogens is 1. The lowest BCUT2D eigenvalue weighted by molar-refractivity contribution is -0.142. The van der Waals surface area contributed by atoms with Crippen LogP contribution < -0.4 is 38.9 Å². The summed E-state index contributed by atoms with van der Waals surface area (Å²) < 4.78 is 0. The molecule has 4 atom stereocenters. The minimum atomic E-state index is -1.25. The van der Waals surface area contributed by atoms with Gasteiger partial charge in [0, 0.05) is 36.5 Å². The van der Waals surface area contributed by atoms with Crippen LogP contribution in [-0.4, -0.2) is 77.0 Å². The SMILES string of the molecule is NCCCCC(NC(=O)C(Cc1ccccc1)NC(=O)C(N)CCCN=C(N)N)C(=O)NC(Cc1c[nH]c2ccccc12)C(=O)O. The molecule has 13 N–H and O–H groups in total. The minimum absolute atomic E-state index is 0.0301. The number of nitrogens with zero attached hydrogens (tertiary/aromatic N) is 1. The molecule has 14 nitrogen and oxygen atoms in total. The van der Waals surface area contributed by atoms with Crippen LogP contribution in [-0.2, 0) is 32.0 Å². The minimum Gasteiger partial charge on any atom is -0.480 e. The summed E-state index contributed by atoms with van der Waals surface area (Å²) in [4.78, 5) is 59.4. The van der Waals surface area contributed by atoms with E-state index >= 15 is 0 Å². The van der Waals surface area contributed by atoms with Crippen molar-refractivity contribution in [2.45, 2.75) is 69.1 Å². The van der Waals surface area contributed by atoms with Gasteiger partial charge in [0.05, 0.1) is 6.04 Å². The van der Waals surface area contributed by atoms with Gasteiger partial charge < -0.3 is 49.0 Å². The van der Waals surface area contributed by atoms with Crippen LogP contribution in [0.2, 0.25) is 0 Å². The van der Waals surface area contributed by atoms with Crippen molar-refractivity contribution in [1.29, 1.82) is 0 Å². The predicted molar refractivity (Wildman–Crippen MR) is 176 cm³/mol. The topological polar surface area (TPSA) is 257 Å². The first-order valence-electron chi connectivity index (χ1n) is 15.3. The van der Waals surface area contributed by atoms with E-state index in [1.807, 2.05) is 54.6 Å². The summed E-state index contributed by atoms with van der Waals surface area (Å²) >= 11 is 0. The molecule has 2 aromatic carbocycles. The van der Waals surface area contributed by atoms with Gasteiger partial charge in [0.1, 0.15) is 18.1 Å². The van der Waals surface area contributed by atoms with Crippen LogP contribution >= 0.6 is 0 Å². The van der Waals surface area contributed by atoms with Crippen LogP contribution in [0.1, 0.15) is 43.2 Å². The lowest BCUT2D eigenvalue weighted by Crippen LogP contribution is -2.57. The summed E-state index contributed by atoms with van der Waals surface area (Å²) in [6.07, 6.45) is 3.92. The Hall–Kier alpha value is -4.95. The van der Waals surface area contributed by atoms with E-state index in [9.17, 15) is 24.3 Å². The Morgan fingerprint density at radius 2 is 1.43 bits per heavy atom. The van der Waals surface area contributed by atoms with Gasteiger partial charge in [-0.25, -0.2) is 4.79 Å². The fourth-order valence-electron chi connectivity index (χ4n) is 5.02. The number of aliphatic carboxylic acids is 1. The van der Waals surface area contributed by atoms with Gasteiger partial charge in [-0.05, 0) is 55.8 Å². The number of carboxylic acid groups (broad SMARTS) is 1. The van der Waals surface area contributed by atoms with Crippen molar-refractivity contribution >= 4 is 40.6 Å². The van der Waals surface area contributed by atoms with Gasteiger partial charge in [0.2, 0.25) is 17.7 Å². The predicted octanol–water partition coefficient (Wildman–Crippen LogP) is 0.00200. The lowest BCUT2D eigenvalue weighted by atomic mass is 10.0. The maximum absolute atomic E-state index is 13.7. The number of fused-ring (bicyclic) bond motifs is 1. The zero-order chi connectivity index (χ0) is 33.5. The number of aliphatic imine (C=N–C) groups is 1. The van der Waals surface area contributed by atoms with Crippen molar-refractivity contribution in [2.24, 2.45) is 27.9 Å². The quantitative estimate of drug-likeness (QED) is 0.0487. The van der Waals surface area contributed by atoms with Crippen molar-refractivity contribution < 1.29 is 24.3 Å². The highest BCUT2D eigenvalue weighted by molar-refractivity contribution is 5.94. The monoisotopic (exact) mass is 635 g/mol. The van der Waals surface area contributed by atoms with E-state index < -0.39 is 47.9 Å². The van der Waals surface area contributed by atoms with E-state index in [0.29, 0.717) is 32.4 Å². The van der Waals surface area contributed by atoms with Crippen LogP contribution in [0.3, 0.4) is 0 Å². The maximum atomic E-state index is 13.7. The van der Waals surface area contributed by atoms with E-state index in [0.717, 1.165) is 22.0 Å². The fraction of sp³-hybridized carbons (Fsp3) is 0.406. The number of carbonyl (C=O) groups excluding carboxylic acids is 3. The van der Waals surface area contributed by atoms with Gasteiger partial charge in [-0.3, -0.25) is 19.4 Å². The molecule has 0 fully saturated rings. The van der Waals surface area contributed by atoms with E-state index in [2.05, 4.69) is 25.9 Å². The number of rotatable bonds is 19. The van der Waals surface area contributed by atoms with E-state index in [4.69, 9.17) is 22.9 Å². The summed E-state index contributed by atoms with van der Waals surface area (Å²) in [5.41, 5.74) is 24.8.